The standard InChI is InChI=1S/C14H21NO2/c1-9(2)11(5)14(16)12-6-13(8-15-7-12)17-10(3)4/h6-11H,1-5H3. The Morgan fingerprint density at radius 2 is 1.82 bits per heavy atom. The molecule has 1 atom stereocenters. The number of ether oxygens (including phenoxy) is 1. The fourth-order valence-electron chi connectivity index (χ4n) is 1.46. The monoisotopic (exact) mass is 235 g/mol. The fourth-order valence-corrected chi connectivity index (χ4v) is 1.46. The Morgan fingerprint density at radius 1 is 1.18 bits per heavy atom. The lowest BCUT2D eigenvalue weighted by Gasteiger charge is -2.15. The molecule has 0 amide bonds. The predicted octanol–water partition coefficient (Wildman–Crippen LogP) is 3.34. The number of hydrogen-bond acceptors (Lipinski definition) is 3. The summed E-state index contributed by atoms with van der Waals surface area (Å²) in [6, 6.07) is 1.77. The lowest BCUT2D eigenvalue weighted by Crippen LogP contribution is -2.17. The van der Waals surface area contributed by atoms with Gasteiger partial charge in [-0.3, -0.25) is 9.78 Å². The van der Waals surface area contributed by atoms with Crippen molar-refractivity contribution in [3.8, 4) is 5.75 Å². The minimum Gasteiger partial charge on any atom is -0.489 e. The Morgan fingerprint density at radius 3 is 2.35 bits per heavy atom. The first-order valence-corrected chi connectivity index (χ1v) is 6.07. The average Bonchev–Trinajstić information content (AvgIpc) is 2.26. The third-order valence-electron chi connectivity index (χ3n) is 2.78. The van der Waals surface area contributed by atoms with Gasteiger partial charge in [0.2, 0.25) is 0 Å². The normalized spacial score (nSPS) is 12.9. The van der Waals surface area contributed by atoms with E-state index in [-0.39, 0.29) is 17.8 Å². The molecule has 0 saturated heterocycles. The first kappa shape index (κ1) is 13.7. The Balaban J connectivity index is 2.88. The van der Waals surface area contributed by atoms with Crippen molar-refractivity contribution in [1.29, 1.82) is 0 Å². The summed E-state index contributed by atoms with van der Waals surface area (Å²) in [5.41, 5.74) is 0.629. The first-order valence-electron chi connectivity index (χ1n) is 6.07. The molecule has 0 N–H and O–H groups in total. The summed E-state index contributed by atoms with van der Waals surface area (Å²) in [5.74, 6) is 1.12. The zero-order valence-electron chi connectivity index (χ0n) is 11.2. The van der Waals surface area contributed by atoms with E-state index in [2.05, 4.69) is 4.98 Å². The molecule has 3 heteroatoms. The number of rotatable bonds is 5. The molecule has 1 unspecified atom stereocenters. The van der Waals surface area contributed by atoms with Gasteiger partial charge in [-0.05, 0) is 25.8 Å². The van der Waals surface area contributed by atoms with Crippen LogP contribution in [0, 0.1) is 11.8 Å². The van der Waals surface area contributed by atoms with Crippen LogP contribution in [0.15, 0.2) is 18.5 Å². The van der Waals surface area contributed by atoms with Gasteiger partial charge in [0.05, 0.1) is 12.3 Å². The molecule has 0 radical (unpaired) electrons. The highest BCUT2D eigenvalue weighted by Gasteiger charge is 2.19. The second kappa shape index (κ2) is 5.80. The van der Waals surface area contributed by atoms with Crippen LogP contribution >= 0.6 is 0 Å². The van der Waals surface area contributed by atoms with Crippen molar-refractivity contribution in [2.75, 3.05) is 0 Å². The van der Waals surface area contributed by atoms with Crippen molar-refractivity contribution < 1.29 is 9.53 Å². The summed E-state index contributed by atoms with van der Waals surface area (Å²) < 4.78 is 5.53. The van der Waals surface area contributed by atoms with Gasteiger partial charge >= 0.3 is 0 Å². The zero-order valence-corrected chi connectivity index (χ0v) is 11.2. The third-order valence-corrected chi connectivity index (χ3v) is 2.78. The molecule has 1 rings (SSSR count). The van der Waals surface area contributed by atoms with Gasteiger partial charge in [-0.25, -0.2) is 0 Å². The van der Waals surface area contributed by atoms with Crippen LogP contribution in [0.25, 0.3) is 0 Å². The minimum atomic E-state index is 0.00565. The predicted molar refractivity (Wildman–Crippen MR) is 68.3 cm³/mol. The molecule has 17 heavy (non-hydrogen) atoms. The maximum atomic E-state index is 12.1. The summed E-state index contributed by atoms with van der Waals surface area (Å²) in [7, 11) is 0. The maximum absolute atomic E-state index is 12.1. The number of pyridine rings is 1. The molecule has 1 aromatic heterocycles. The molecule has 0 aliphatic rings. The van der Waals surface area contributed by atoms with Crippen molar-refractivity contribution >= 4 is 5.78 Å². The molecule has 0 saturated carbocycles. The third kappa shape index (κ3) is 3.84. The van der Waals surface area contributed by atoms with E-state index in [9.17, 15) is 4.79 Å². The number of Topliss-reactive ketones (excluding diaryl/α,β-unsaturated/α-hetero) is 1. The molecule has 3 nitrogen and oxygen atoms in total. The van der Waals surface area contributed by atoms with Crippen LogP contribution in [0.4, 0.5) is 0 Å². The van der Waals surface area contributed by atoms with Crippen molar-refractivity contribution in [3.63, 3.8) is 0 Å². The van der Waals surface area contributed by atoms with Crippen LogP contribution in [0.3, 0.4) is 0 Å². The molecule has 0 bridgehead atoms. The van der Waals surface area contributed by atoms with E-state index < -0.39 is 0 Å². The Hall–Kier alpha value is -1.38. The highest BCUT2D eigenvalue weighted by Crippen LogP contribution is 2.19. The summed E-state index contributed by atoms with van der Waals surface area (Å²) in [6.07, 6.45) is 3.33. The zero-order chi connectivity index (χ0) is 13.0. The van der Waals surface area contributed by atoms with Crippen LogP contribution in [-0.2, 0) is 0 Å². The van der Waals surface area contributed by atoms with Crippen molar-refractivity contribution in [3.05, 3.63) is 24.0 Å². The van der Waals surface area contributed by atoms with Crippen molar-refractivity contribution in [1.82, 2.24) is 4.98 Å². The van der Waals surface area contributed by atoms with Gasteiger partial charge in [0.1, 0.15) is 5.75 Å². The van der Waals surface area contributed by atoms with E-state index in [0.29, 0.717) is 17.2 Å². The second-order valence-electron chi connectivity index (χ2n) is 4.97. The number of hydrogen-bond donors (Lipinski definition) is 0. The fraction of sp³-hybridized carbons (Fsp3) is 0.571. The average molecular weight is 235 g/mol. The van der Waals surface area contributed by atoms with E-state index in [1.807, 2.05) is 34.6 Å². The number of aromatic nitrogens is 1. The van der Waals surface area contributed by atoms with E-state index in [0.717, 1.165) is 0 Å². The van der Waals surface area contributed by atoms with Gasteiger partial charge in [0, 0.05) is 17.7 Å². The molecule has 0 aliphatic carbocycles. The van der Waals surface area contributed by atoms with E-state index in [1.54, 1.807) is 18.5 Å². The molecule has 0 aliphatic heterocycles. The van der Waals surface area contributed by atoms with Gasteiger partial charge in [-0.15, -0.1) is 0 Å². The molecule has 0 aromatic carbocycles. The highest BCUT2D eigenvalue weighted by atomic mass is 16.5. The van der Waals surface area contributed by atoms with Gasteiger partial charge < -0.3 is 4.74 Å². The lowest BCUT2D eigenvalue weighted by molar-refractivity contribution is 0.0898. The van der Waals surface area contributed by atoms with Gasteiger partial charge in [0.25, 0.3) is 0 Å². The van der Waals surface area contributed by atoms with Crippen molar-refractivity contribution in [2.24, 2.45) is 11.8 Å². The van der Waals surface area contributed by atoms with E-state index in [1.165, 1.54) is 0 Å². The topological polar surface area (TPSA) is 39.2 Å². The van der Waals surface area contributed by atoms with Crippen LogP contribution in [0.5, 0.6) is 5.75 Å². The maximum Gasteiger partial charge on any atom is 0.167 e. The number of ketones is 1. The largest absolute Gasteiger partial charge is 0.489 e. The Kier molecular flexibility index (Phi) is 4.67. The first-order chi connectivity index (χ1) is 7.91. The van der Waals surface area contributed by atoms with Gasteiger partial charge in [-0.1, -0.05) is 20.8 Å². The van der Waals surface area contributed by atoms with Crippen LogP contribution in [-0.4, -0.2) is 16.9 Å². The van der Waals surface area contributed by atoms with E-state index in [4.69, 9.17) is 4.74 Å². The summed E-state index contributed by atoms with van der Waals surface area (Å²) in [5, 5.41) is 0. The summed E-state index contributed by atoms with van der Waals surface area (Å²) in [4.78, 5) is 16.2. The molecule has 0 fully saturated rings. The molecule has 94 valence electrons. The van der Waals surface area contributed by atoms with Crippen LogP contribution in [0.1, 0.15) is 45.0 Å². The highest BCUT2D eigenvalue weighted by molar-refractivity contribution is 5.97. The smallest absolute Gasteiger partial charge is 0.167 e. The number of nitrogens with zero attached hydrogens (tertiary/aromatic N) is 1. The molecular formula is C14H21NO2. The SMILES string of the molecule is CC(C)Oc1cncc(C(=O)C(C)C(C)C)c1. The Bertz CT molecular complexity index is 386. The Labute approximate surface area is 103 Å². The number of carbonyl (C=O) groups excluding carboxylic acids is 1. The van der Waals surface area contributed by atoms with Crippen molar-refractivity contribution in [2.45, 2.75) is 40.7 Å². The molecule has 1 heterocycles. The van der Waals surface area contributed by atoms with E-state index >= 15 is 0 Å². The number of carbonyl (C=O) groups is 1. The summed E-state index contributed by atoms with van der Waals surface area (Å²) >= 11 is 0. The molecular weight excluding hydrogens is 214 g/mol. The quantitative estimate of drug-likeness (QED) is 0.735. The van der Waals surface area contributed by atoms with Gasteiger partial charge in [-0.2, -0.15) is 0 Å². The minimum absolute atomic E-state index is 0.00565. The van der Waals surface area contributed by atoms with Gasteiger partial charge in [0.15, 0.2) is 5.78 Å². The van der Waals surface area contributed by atoms with Crippen LogP contribution in [0.2, 0.25) is 0 Å². The molecule has 1 aromatic rings. The summed E-state index contributed by atoms with van der Waals surface area (Å²) in [6.45, 7) is 9.94. The molecule has 0 spiro atoms. The van der Waals surface area contributed by atoms with Crippen LogP contribution < -0.4 is 4.74 Å². The second-order valence-corrected chi connectivity index (χ2v) is 4.97. The lowest BCUT2D eigenvalue weighted by atomic mass is 9.90.